The highest BCUT2D eigenvalue weighted by Gasteiger charge is 2.24. The van der Waals surface area contributed by atoms with E-state index in [0.29, 0.717) is 40.9 Å². The van der Waals surface area contributed by atoms with Crippen molar-refractivity contribution in [1.82, 2.24) is 9.97 Å². The van der Waals surface area contributed by atoms with Crippen LogP contribution in [-0.4, -0.2) is 56.1 Å². The Labute approximate surface area is 191 Å². The number of aromatic nitrogens is 2. The van der Waals surface area contributed by atoms with Crippen molar-refractivity contribution in [3.05, 3.63) is 64.8 Å². The number of esters is 1. The summed E-state index contributed by atoms with van der Waals surface area (Å²) >= 11 is 6.06. The summed E-state index contributed by atoms with van der Waals surface area (Å²) in [5.41, 5.74) is 4.28. The van der Waals surface area contributed by atoms with Gasteiger partial charge in [-0.25, -0.2) is 18.2 Å². The summed E-state index contributed by atoms with van der Waals surface area (Å²) < 4.78 is 28.5. The lowest BCUT2D eigenvalue weighted by Crippen LogP contribution is -2.40. The largest absolute Gasteiger partial charge is 0.465 e. The van der Waals surface area contributed by atoms with Crippen molar-refractivity contribution in [2.75, 3.05) is 36.6 Å². The van der Waals surface area contributed by atoms with E-state index in [0.717, 1.165) is 16.7 Å². The summed E-state index contributed by atoms with van der Waals surface area (Å²) in [5.74, 6) is 0.391. The lowest BCUT2D eigenvalue weighted by Gasteiger charge is -2.28. The van der Waals surface area contributed by atoms with E-state index in [9.17, 15) is 13.2 Å². The molecule has 0 bridgehead atoms. The predicted octanol–water partition coefficient (Wildman–Crippen LogP) is 3.79. The van der Waals surface area contributed by atoms with Crippen LogP contribution in [0.25, 0.3) is 22.5 Å². The highest BCUT2D eigenvalue weighted by molar-refractivity contribution is 7.91. The summed E-state index contributed by atoms with van der Waals surface area (Å²) in [7, 11) is -1.66. The first-order valence-electron chi connectivity index (χ1n) is 10.0. The van der Waals surface area contributed by atoms with Crippen molar-refractivity contribution in [3.8, 4) is 22.5 Å². The van der Waals surface area contributed by atoms with E-state index in [2.05, 4.69) is 0 Å². The Kier molecular flexibility index (Phi) is 6.17. The van der Waals surface area contributed by atoms with Gasteiger partial charge in [-0.15, -0.1) is 0 Å². The number of methoxy groups -OCH3 is 1. The third kappa shape index (κ3) is 4.61. The van der Waals surface area contributed by atoms with E-state index in [4.69, 9.17) is 26.3 Å². The zero-order valence-electron chi connectivity index (χ0n) is 17.7. The molecule has 1 aliphatic rings. The van der Waals surface area contributed by atoms with Crippen molar-refractivity contribution < 1.29 is 17.9 Å². The number of benzene rings is 2. The molecule has 0 atom stereocenters. The van der Waals surface area contributed by atoms with Crippen molar-refractivity contribution in [3.63, 3.8) is 0 Å². The van der Waals surface area contributed by atoms with Crippen LogP contribution in [-0.2, 0) is 14.6 Å². The van der Waals surface area contributed by atoms with Crippen LogP contribution < -0.4 is 4.90 Å². The number of carbonyl (C=O) groups excluding carboxylic acids is 1. The number of sulfone groups is 1. The summed E-state index contributed by atoms with van der Waals surface area (Å²) in [6.07, 6.45) is 1.67. The molecule has 0 spiro atoms. The van der Waals surface area contributed by atoms with E-state index in [-0.39, 0.29) is 11.5 Å². The Morgan fingerprint density at radius 1 is 1.06 bits per heavy atom. The fraction of sp³-hybridized carbons (Fsp3) is 0.261. The molecule has 1 aromatic heterocycles. The van der Waals surface area contributed by atoms with Crippen molar-refractivity contribution in [2.24, 2.45) is 0 Å². The van der Waals surface area contributed by atoms with Crippen LogP contribution in [0.15, 0.2) is 48.7 Å². The van der Waals surface area contributed by atoms with Gasteiger partial charge in [-0.05, 0) is 36.8 Å². The van der Waals surface area contributed by atoms with Crippen molar-refractivity contribution in [2.45, 2.75) is 6.92 Å². The van der Waals surface area contributed by atoms with Crippen LogP contribution >= 0.6 is 11.6 Å². The standard InChI is InChI=1S/C23H22ClN3O4S/c1-15-13-17(23(28)31-2)5-8-19(15)22-21(16-3-6-18(24)7-4-16)25-14-20(26-22)27-9-11-32(29,30)12-10-27/h3-8,13-14H,9-12H2,1-2H3. The minimum Gasteiger partial charge on any atom is -0.465 e. The third-order valence-electron chi connectivity index (χ3n) is 5.45. The first kappa shape index (κ1) is 22.2. The fourth-order valence-electron chi connectivity index (χ4n) is 3.65. The van der Waals surface area contributed by atoms with Crippen LogP contribution in [0.3, 0.4) is 0 Å². The zero-order valence-corrected chi connectivity index (χ0v) is 19.3. The molecule has 1 saturated heterocycles. The smallest absolute Gasteiger partial charge is 0.337 e. The number of rotatable bonds is 4. The van der Waals surface area contributed by atoms with Crippen LogP contribution in [0.5, 0.6) is 0 Å². The maximum absolute atomic E-state index is 11.9. The molecule has 32 heavy (non-hydrogen) atoms. The summed E-state index contributed by atoms with van der Waals surface area (Å²) in [6.45, 7) is 2.64. The second kappa shape index (κ2) is 8.88. The number of ether oxygens (including phenoxy) is 1. The minimum atomic E-state index is -3.01. The highest BCUT2D eigenvalue weighted by atomic mass is 35.5. The molecule has 0 amide bonds. The third-order valence-corrected chi connectivity index (χ3v) is 7.31. The number of halogens is 1. The maximum Gasteiger partial charge on any atom is 0.337 e. The molecular weight excluding hydrogens is 450 g/mol. The fourth-order valence-corrected chi connectivity index (χ4v) is 4.98. The number of aryl methyl sites for hydroxylation is 1. The molecule has 9 heteroatoms. The Morgan fingerprint density at radius 3 is 2.38 bits per heavy atom. The minimum absolute atomic E-state index is 0.0931. The average Bonchev–Trinajstić information content (AvgIpc) is 2.79. The van der Waals surface area contributed by atoms with E-state index in [1.54, 1.807) is 30.5 Å². The lowest BCUT2D eigenvalue weighted by molar-refractivity contribution is 0.0600. The van der Waals surface area contributed by atoms with E-state index in [1.807, 2.05) is 30.0 Å². The van der Waals surface area contributed by atoms with Gasteiger partial charge in [0.1, 0.15) is 5.82 Å². The first-order chi connectivity index (χ1) is 15.3. The number of hydrogen-bond acceptors (Lipinski definition) is 7. The second-order valence-corrected chi connectivity index (χ2v) is 10.3. The lowest BCUT2D eigenvalue weighted by atomic mass is 9.98. The zero-order chi connectivity index (χ0) is 22.9. The normalized spacial score (nSPS) is 15.4. The molecule has 0 aliphatic carbocycles. The monoisotopic (exact) mass is 471 g/mol. The average molecular weight is 472 g/mol. The molecule has 1 fully saturated rings. The van der Waals surface area contributed by atoms with Crippen LogP contribution in [0, 0.1) is 6.92 Å². The molecule has 0 unspecified atom stereocenters. The van der Waals surface area contributed by atoms with Crippen LogP contribution in [0.1, 0.15) is 15.9 Å². The molecular formula is C23H22ClN3O4S. The topological polar surface area (TPSA) is 89.5 Å². The molecule has 1 aliphatic heterocycles. The van der Waals surface area contributed by atoms with Gasteiger partial charge in [0.25, 0.3) is 0 Å². The van der Waals surface area contributed by atoms with Gasteiger partial charge in [-0.2, -0.15) is 0 Å². The van der Waals surface area contributed by atoms with Gasteiger partial charge >= 0.3 is 5.97 Å². The van der Waals surface area contributed by atoms with E-state index in [1.165, 1.54) is 7.11 Å². The quantitative estimate of drug-likeness (QED) is 0.534. The molecule has 2 heterocycles. The molecule has 0 radical (unpaired) electrons. The van der Waals surface area contributed by atoms with Crippen molar-refractivity contribution in [1.29, 1.82) is 0 Å². The molecule has 3 aromatic rings. The summed E-state index contributed by atoms with van der Waals surface area (Å²) in [5, 5.41) is 0.619. The number of nitrogens with zero attached hydrogens (tertiary/aromatic N) is 3. The summed E-state index contributed by atoms with van der Waals surface area (Å²) in [6, 6.07) is 12.6. The SMILES string of the molecule is COC(=O)c1ccc(-c2nc(N3CCS(=O)(=O)CC3)cnc2-c2ccc(Cl)cc2)c(C)c1. The molecule has 0 N–H and O–H groups in total. The van der Waals surface area contributed by atoms with E-state index >= 15 is 0 Å². The van der Waals surface area contributed by atoms with Gasteiger partial charge in [-0.1, -0.05) is 29.8 Å². The highest BCUT2D eigenvalue weighted by Crippen LogP contribution is 2.33. The van der Waals surface area contributed by atoms with Gasteiger partial charge in [0, 0.05) is 29.2 Å². The van der Waals surface area contributed by atoms with Crippen LogP contribution in [0.4, 0.5) is 5.82 Å². The van der Waals surface area contributed by atoms with Crippen LogP contribution in [0.2, 0.25) is 5.02 Å². The Hall–Kier alpha value is -2.97. The number of hydrogen-bond donors (Lipinski definition) is 0. The van der Waals surface area contributed by atoms with Gasteiger partial charge in [0.15, 0.2) is 9.84 Å². The van der Waals surface area contributed by atoms with Gasteiger partial charge in [0.2, 0.25) is 0 Å². The predicted molar refractivity (Wildman–Crippen MR) is 125 cm³/mol. The molecule has 7 nitrogen and oxygen atoms in total. The maximum atomic E-state index is 11.9. The van der Waals surface area contributed by atoms with Crippen molar-refractivity contribution >= 4 is 33.2 Å². The molecule has 4 rings (SSSR count). The van der Waals surface area contributed by atoms with Gasteiger partial charge < -0.3 is 9.64 Å². The van der Waals surface area contributed by atoms with Gasteiger partial charge in [0.05, 0.1) is 41.8 Å². The Balaban J connectivity index is 1.82. The molecule has 2 aromatic carbocycles. The van der Waals surface area contributed by atoms with Gasteiger partial charge in [-0.3, -0.25) is 4.98 Å². The summed E-state index contributed by atoms with van der Waals surface area (Å²) in [4.78, 5) is 23.4. The molecule has 166 valence electrons. The Bertz CT molecular complexity index is 1260. The number of anilines is 1. The molecule has 0 saturated carbocycles. The van der Waals surface area contributed by atoms with E-state index < -0.39 is 15.8 Å². The Morgan fingerprint density at radius 2 is 1.75 bits per heavy atom. The second-order valence-electron chi connectivity index (χ2n) is 7.59. The number of carbonyl (C=O) groups is 1. The first-order valence-corrected chi connectivity index (χ1v) is 12.2.